The number of hydrogen-bond acceptors (Lipinski definition) is 7. The molecule has 0 atom stereocenters. The molecule has 4 N–H and O–H groups in total. The average Bonchev–Trinajstić information content (AvgIpc) is 2.94. The van der Waals surface area contributed by atoms with Gasteiger partial charge in [0.2, 0.25) is 0 Å². The highest BCUT2D eigenvalue weighted by molar-refractivity contribution is 5.66. The van der Waals surface area contributed by atoms with Crippen LogP contribution < -0.4 is 16.2 Å². The summed E-state index contributed by atoms with van der Waals surface area (Å²) in [6.07, 6.45) is 6.55. The highest BCUT2D eigenvalue weighted by atomic mass is 16.5. The van der Waals surface area contributed by atoms with Crippen LogP contribution in [0.15, 0.2) is 18.6 Å². The molecule has 2 aromatic rings. The molecule has 1 aliphatic rings. The van der Waals surface area contributed by atoms with Gasteiger partial charge in [-0.25, -0.2) is 15.8 Å². The molecule has 2 aromatic heterocycles. The molecule has 8 nitrogen and oxygen atoms in total. The summed E-state index contributed by atoms with van der Waals surface area (Å²) in [4.78, 5) is 10.7. The molecule has 0 aliphatic carbocycles. The van der Waals surface area contributed by atoms with Gasteiger partial charge in [-0.15, -0.1) is 0 Å². The zero-order chi connectivity index (χ0) is 14.9. The van der Waals surface area contributed by atoms with Crippen LogP contribution in [0.4, 0.5) is 11.6 Å². The Balaban J connectivity index is 1.89. The zero-order valence-corrected chi connectivity index (χ0v) is 12.0. The van der Waals surface area contributed by atoms with E-state index in [2.05, 4.69) is 15.4 Å². The van der Waals surface area contributed by atoms with Crippen LogP contribution in [0.25, 0.3) is 5.65 Å². The van der Waals surface area contributed by atoms with E-state index in [1.165, 1.54) is 0 Å². The first-order valence-electron chi connectivity index (χ1n) is 6.93. The number of imidazole rings is 1. The first kappa shape index (κ1) is 14.1. The fourth-order valence-electron chi connectivity index (χ4n) is 2.67. The Hall–Kier alpha value is -1.90. The number of aliphatic hydroxyl groups is 1. The van der Waals surface area contributed by atoms with Crippen molar-refractivity contribution in [2.75, 3.05) is 37.1 Å². The minimum absolute atomic E-state index is 0.472. The number of hydrazine groups is 1. The number of rotatable bonds is 4. The molecule has 21 heavy (non-hydrogen) atoms. The van der Waals surface area contributed by atoms with E-state index in [1.807, 2.05) is 22.5 Å². The summed E-state index contributed by atoms with van der Waals surface area (Å²) in [5.41, 5.74) is 2.52. The van der Waals surface area contributed by atoms with Crippen LogP contribution >= 0.6 is 0 Å². The number of aromatic nitrogens is 3. The normalized spacial score (nSPS) is 17.9. The lowest BCUT2D eigenvalue weighted by Crippen LogP contribution is -2.46. The van der Waals surface area contributed by atoms with Gasteiger partial charge in [-0.05, 0) is 0 Å². The lowest BCUT2D eigenvalue weighted by Gasteiger charge is -2.35. The molecule has 1 aliphatic heterocycles. The molecule has 1 fully saturated rings. The number of hydrogen-bond donors (Lipinski definition) is 3. The monoisotopic (exact) mass is 292 g/mol. The van der Waals surface area contributed by atoms with Crippen molar-refractivity contribution in [3.63, 3.8) is 0 Å². The summed E-state index contributed by atoms with van der Waals surface area (Å²) in [6, 6.07) is 0. The smallest absolute Gasteiger partial charge is 0.180 e. The molecule has 0 radical (unpaired) electrons. The van der Waals surface area contributed by atoms with Gasteiger partial charge in [0.1, 0.15) is 0 Å². The maximum Gasteiger partial charge on any atom is 0.180 e. The molecular weight excluding hydrogens is 272 g/mol. The van der Waals surface area contributed by atoms with E-state index >= 15 is 0 Å². The number of nitrogens with one attached hydrogen (secondary N) is 1. The fourth-order valence-corrected chi connectivity index (χ4v) is 2.67. The quantitative estimate of drug-likeness (QED) is 0.538. The van der Waals surface area contributed by atoms with Crippen molar-refractivity contribution in [3.05, 3.63) is 18.6 Å². The van der Waals surface area contributed by atoms with Gasteiger partial charge in [-0.2, -0.15) is 0 Å². The molecule has 8 heteroatoms. The molecule has 114 valence electrons. The van der Waals surface area contributed by atoms with Crippen molar-refractivity contribution in [3.8, 4) is 0 Å². The SMILES string of the molecule is CN(CC1(O)CCOCC1)c1nc(NN)cn2ccnc12. The predicted octanol–water partition coefficient (Wildman–Crippen LogP) is -0.00740. The summed E-state index contributed by atoms with van der Waals surface area (Å²) in [5, 5.41) is 10.6. The largest absolute Gasteiger partial charge is 0.388 e. The summed E-state index contributed by atoms with van der Waals surface area (Å²) in [6.45, 7) is 1.64. The first-order chi connectivity index (χ1) is 10.1. The van der Waals surface area contributed by atoms with E-state index in [4.69, 9.17) is 10.6 Å². The van der Waals surface area contributed by atoms with Gasteiger partial charge in [0.15, 0.2) is 17.3 Å². The molecule has 1 saturated heterocycles. The molecular formula is C13H20N6O2. The number of likely N-dealkylation sites (N-methyl/N-ethyl adjacent to an activating group) is 1. The second-order valence-corrected chi connectivity index (χ2v) is 5.44. The number of nitrogens with two attached hydrogens (primary N) is 1. The standard InChI is InChI=1S/C13H20N6O2/c1-18(9-13(20)2-6-21-7-3-13)12-11-15-4-5-19(11)8-10(16-12)17-14/h4-5,8,17,20H,2-3,6-7,9,14H2,1H3. The second-order valence-electron chi connectivity index (χ2n) is 5.44. The maximum atomic E-state index is 10.6. The third-order valence-corrected chi connectivity index (χ3v) is 3.82. The Labute approximate surface area is 122 Å². The van der Waals surface area contributed by atoms with Crippen molar-refractivity contribution in [2.24, 2.45) is 5.84 Å². The number of nitrogen functional groups attached to an aromatic ring is 1. The Bertz CT molecular complexity index is 622. The van der Waals surface area contributed by atoms with E-state index in [0.717, 1.165) is 5.65 Å². The van der Waals surface area contributed by atoms with Gasteiger partial charge in [0, 0.05) is 52.0 Å². The Kier molecular flexibility index (Phi) is 3.66. The van der Waals surface area contributed by atoms with Gasteiger partial charge in [0.05, 0.1) is 11.8 Å². The molecule has 3 rings (SSSR count). The van der Waals surface area contributed by atoms with Crippen LogP contribution in [0, 0.1) is 0 Å². The Morgan fingerprint density at radius 2 is 2.29 bits per heavy atom. The van der Waals surface area contributed by atoms with Crippen molar-refractivity contribution in [1.82, 2.24) is 14.4 Å². The molecule has 0 bridgehead atoms. The minimum atomic E-state index is -0.760. The summed E-state index contributed by atoms with van der Waals surface area (Å²) in [5.74, 6) is 6.68. The summed E-state index contributed by atoms with van der Waals surface area (Å²) in [7, 11) is 1.89. The van der Waals surface area contributed by atoms with E-state index in [0.29, 0.717) is 44.2 Å². The van der Waals surface area contributed by atoms with Gasteiger partial charge >= 0.3 is 0 Å². The Morgan fingerprint density at radius 1 is 1.52 bits per heavy atom. The van der Waals surface area contributed by atoms with Crippen LogP contribution in [-0.2, 0) is 4.74 Å². The van der Waals surface area contributed by atoms with Crippen molar-refractivity contribution < 1.29 is 9.84 Å². The molecule has 0 amide bonds. The fraction of sp³-hybridized carbons (Fsp3) is 0.538. The number of anilines is 2. The van der Waals surface area contributed by atoms with Crippen molar-refractivity contribution >= 4 is 17.3 Å². The van der Waals surface area contributed by atoms with Crippen molar-refractivity contribution in [2.45, 2.75) is 18.4 Å². The topological polar surface area (TPSA) is 101 Å². The van der Waals surface area contributed by atoms with Crippen LogP contribution in [0.5, 0.6) is 0 Å². The number of nitrogens with zero attached hydrogens (tertiary/aromatic N) is 4. The predicted molar refractivity (Wildman–Crippen MR) is 79.1 cm³/mol. The second kappa shape index (κ2) is 5.47. The highest BCUT2D eigenvalue weighted by Gasteiger charge is 2.32. The van der Waals surface area contributed by atoms with Crippen molar-refractivity contribution in [1.29, 1.82) is 0 Å². The molecule has 0 aromatic carbocycles. The van der Waals surface area contributed by atoms with Gasteiger partial charge in [0.25, 0.3) is 0 Å². The van der Waals surface area contributed by atoms with E-state index in [-0.39, 0.29) is 0 Å². The number of ether oxygens (including phenoxy) is 1. The third-order valence-electron chi connectivity index (χ3n) is 3.82. The van der Waals surface area contributed by atoms with Crippen LogP contribution in [-0.4, -0.2) is 51.9 Å². The Morgan fingerprint density at radius 3 is 3.00 bits per heavy atom. The summed E-state index contributed by atoms with van der Waals surface area (Å²) >= 11 is 0. The van der Waals surface area contributed by atoms with Gasteiger partial charge < -0.3 is 24.6 Å². The molecule has 0 spiro atoms. The lowest BCUT2D eigenvalue weighted by molar-refractivity contribution is -0.0573. The maximum absolute atomic E-state index is 10.6. The van der Waals surface area contributed by atoms with Crippen LogP contribution in [0.3, 0.4) is 0 Å². The van der Waals surface area contributed by atoms with E-state index < -0.39 is 5.60 Å². The van der Waals surface area contributed by atoms with Crippen LogP contribution in [0.2, 0.25) is 0 Å². The summed E-state index contributed by atoms with van der Waals surface area (Å²) < 4.78 is 7.16. The zero-order valence-electron chi connectivity index (χ0n) is 12.0. The average molecular weight is 292 g/mol. The molecule has 3 heterocycles. The van der Waals surface area contributed by atoms with Gasteiger partial charge in [-0.1, -0.05) is 0 Å². The third kappa shape index (κ3) is 2.78. The van der Waals surface area contributed by atoms with E-state index in [1.54, 1.807) is 12.4 Å². The highest BCUT2D eigenvalue weighted by Crippen LogP contribution is 2.25. The number of fused-ring (bicyclic) bond motifs is 1. The molecule has 0 unspecified atom stereocenters. The molecule has 0 saturated carbocycles. The van der Waals surface area contributed by atoms with Gasteiger partial charge in [-0.3, -0.25) is 0 Å². The minimum Gasteiger partial charge on any atom is -0.388 e. The van der Waals surface area contributed by atoms with Crippen LogP contribution in [0.1, 0.15) is 12.8 Å². The lowest BCUT2D eigenvalue weighted by atomic mass is 9.94. The first-order valence-corrected chi connectivity index (χ1v) is 6.93. The van der Waals surface area contributed by atoms with E-state index in [9.17, 15) is 5.11 Å².